The molecular weight excluding hydrogens is 294 g/mol. The largest absolute Gasteiger partial charge is 0.472 e. The van der Waals surface area contributed by atoms with Crippen LogP contribution in [0.15, 0.2) is 29.2 Å². The Morgan fingerprint density at radius 3 is 2.96 bits per heavy atom. The van der Waals surface area contributed by atoms with Crippen LogP contribution in [0.1, 0.15) is 36.3 Å². The Bertz CT molecular complexity index is 663. The van der Waals surface area contributed by atoms with Crippen LogP contribution in [0.25, 0.3) is 0 Å². The number of nitrogens with zero attached hydrogens (tertiary/aromatic N) is 3. The quantitative estimate of drug-likeness (QED) is 0.850. The minimum atomic E-state index is -0.199. The molecule has 1 fully saturated rings. The highest BCUT2D eigenvalue weighted by Crippen LogP contribution is 2.37. The first-order chi connectivity index (χ1) is 11.1. The lowest BCUT2D eigenvalue weighted by atomic mass is 9.94. The fourth-order valence-corrected chi connectivity index (χ4v) is 3.13. The zero-order chi connectivity index (χ0) is 16.4. The first-order valence-corrected chi connectivity index (χ1v) is 8.01. The van der Waals surface area contributed by atoms with E-state index in [1.807, 2.05) is 42.7 Å². The lowest BCUT2D eigenvalue weighted by molar-refractivity contribution is -0.137. The molecule has 2 aromatic heterocycles. The third kappa shape index (κ3) is 3.03. The number of aryl methyl sites for hydroxylation is 1. The number of furan rings is 1. The summed E-state index contributed by atoms with van der Waals surface area (Å²) in [5.41, 5.74) is 3.07. The maximum absolute atomic E-state index is 13.0. The van der Waals surface area contributed by atoms with Crippen LogP contribution < -0.4 is 0 Å². The van der Waals surface area contributed by atoms with Crippen LogP contribution in [-0.2, 0) is 23.1 Å². The van der Waals surface area contributed by atoms with E-state index in [0.29, 0.717) is 19.7 Å². The van der Waals surface area contributed by atoms with Gasteiger partial charge in [0.15, 0.2) is 0 Å². The topological polar surface area (TPSA) is 60.5 Å². The Labute approximate surface area is 136 Å². The van der Waals surface area contributed by atoms with Gasteiger partial charge in [-0.1, -0.05) is 0 Å². The molecule has 1 aliphatic heterocycles. The van der Waals surface area contributed by atoms with Gasteiger partial charge in [-0.2, -0.15) is 5.10 Å². The van der Waals surface area contributed by atoms with E-state index in [1.54, 1.807) is 12.5 Å². The molecule has 3 rings (SSSR count). The van der Waals surface area contributed by atoms with Crippen LogP contribution >= 0.6 is 0 Å². The summed E-state index contributed by atoms with van der Waals surface area (Å²) in [5, 5.41) is 4.28. The van der Waals surface area contributed by atoms with Crippen molar-refractivity contribution in [1.29, 1.82) is 0 Å². The lowest BCUT2D eigenvalue weighted by Crippen LogP contribution is -2.36. The van der Waals surface area contributed by atoms with E-state index in [0.717, 1.165) is 23.2 Å². The molecular formula is C17H23N3O3. The smallest absolute Gasteiger partial charge is 0.229 e. The van der Waals surface area contributed by atoms with Gasteiger partial charge in [-0.15, -0.1) is 0 Å². The fourth-order valence-electron chi connectivity index (χ4n) is 3.13. The number of carbonyl (C=O) groups is 1. The summed E-state index contributed by atoms with van der Waals surface area (Å²) in [6, 6.07) is 1.89. The molecule has 0 bridgehead atoms. The van der Waals surface area contributed by atoms with Gasteiger partial charge < -0.3 is 14.1 Å². The first-order valence-electron chi connectivity index (χ1n) is 8.01. The second-order valence-electron chi connectivity index (χ2n) is 5.98. The van der Waals surface area contributed by atoms with Gasteiger partial charge in [-0.05, 0) is 26.3 Å². The second-order valence-corrected chi connectivity index (χ2v) is 5.98. The van der Waals surface area contributed by atoms with Crippen LogP contribution in [0.2, 0.25) is 0 Å². The SMILES string of the molecule is CCN(Cc1ccoc1)C(=O)[C@H]1CCO[C@@H]1c1cnn(C)c1C. The number of amides is 1. The molecule has 6 nitrogen and oxygen atoms in total. The van der Waals surface area contributed by atoms with Crippen molar-refractivity contribution in [2.45, 2.75) is 32.9 Å². The van der Waals surface area contributed by atoms with Crippen molar-refractivity contribution in [1.82, 2.24) is 14.7 Å². The predicted molar refractivity (Wildman–Crippen MR) is 84.5 cm³/mol. The summed E-state index contributed by atoms with van der Waals surface area (Å²) in [6.07, 6.45) is 5.69. The zero-order valence-corrected chi connectivity index (χ0v) is 13.9. The molecule has 0 aliphatic carbocycles. The van der Waals surface area contributed by atoms with E-state index >= 15 is 0 Å². The molecule has 1 saturated heterocycles. The molecule has 3 heterocycles. The maximum atomic E-state index is 13.0. The molecule has 2 atom stereocenters. The summed E-state index contributed by atoms with van der Waals surface area (Å²) in [6.45, 7) is 5.85. The standard InChI is InChI=1S/C17H23N3O3/c1-4-20(10-13-5-7-22-11-13)17(21)14-6-8-23-16(14)15-9-18-19(3)12(15)2/h5,7,9,11,14,16H,4,6,8,10H2,1-3H3/t14-,16-/m0/s1. The fraction of sp³-hybridized carbons (Fsp3) is 0.529. The van der Waals surface area contributed by atoms with E-state index in [9.17, 15) is 4.79 Å². The number of hydrogen-bond acceptors (Lipinski definition) is 4. The third-order valence-electron chi connectivity index (χ3n) is 4.64. The van der Waals surface area contributed by atoms with E-state index in [-0.39, 0.29) is 17.9 Å². The number of carbonyl (C=O) groups excluding carboxylic acids is 1. The Kier molecular flexibility index (Phi) is 4.52. The van der Waals surface area contributed by atoms with Gasteiger partial charge in [-0.25, -0.2) is 0 Å². The Morgan fingerprint density at radius 2 is 2.35 bits per heavy atom. The molecule has 23 heavy (non-hydrogen) atoms. The highest BCUT2D eigenvalue weighted by atomic mass is 16.5. The molecule has 0 unspecified atom stereocenters. The van der Waals surface area contributed by atoms with E-state index < -0.39 is 0 Å². The normalized spacial score (nSPS) is 20.8. The maximum Gasteiger partial charge on any atom is 0.229 e. The van der Waals surface area contributed by atoms with Crippen LogP contribution in [0.3, 0.4) is 0 Å². The van der Waals surface area contributed by atoms with Crippen molar-refractivity contribution in [2.24, 2.45) is 13.0 Å². The minimum absolute atomic E-state index is 0.138. The van der Waals surface area contributed by atoms with E-state index in [1.165, 1.54) is 0 Å². The van der Waals surface area contributed by atoms with Crippen molar-refractivity contribution < 1.29 is 13.9 Å². The predicted octanol–water partition coefficient (Wildman–Crippen LogP) is 2.45. The number of aromatic nitrogens is 2. The second kappa shape index (κ2) is 6.58. The first kappa shape index (κ1) is 15.8. The van der Waals surface area contributed by atoms with E-state index in [4.69, 9.17) is 9.15 Å². The van der Waals surface area contributed by atoms with Gasteiger partial charge >= 0.3 is 0 Å². The van der Waals surface area contributed by atoms with Gasteiger partial charge in [0.05, 0.1) is 30.7 Å². The molecule has 124 valence electrons. The number of rotatable bonds is 5. The molecule has 2 aromatic rings. The molecule has 0 aromatic carbocycles. The molecule has 0 N–H and O–H groups in total. The van der Waals surface area contributed by atoms with Crippen molar-refractivity contribution >= 4 is 5.91 Å². The van der Waals surface area contributed by atoms with Gasteiger partial charge in [0, 0.05) is 43.6 Å². The van der Waals surface area contributed by atoms with Crippen LogP contribution in [-0.4, -0.2) is 33.7 Å². The van der Waals surface area contributed by atoms with Crippen molar-refractivity contribution in [3.8, 4) is 0 Å². The molecule has 0 radical (unpaired) electrons. The van der Waals surface area contributed by atoms with Crippen LogP contribution in [0.4, 0.5) is 0 Å². The average molecular weight is 317 g/mol. The number of ether oxygens (including phenoxy) is 1. The average Bonchev–Trinajstić information content (AvgIpc) is 3.27. The van der Waals surface area contributed by atoms with E-state index in [2.05, 4.69) is 5.10 Å². The highest BCUT2D eigenvalue weighted by Gasteiger charge is 2.38. The van der Waals surface area contributed by atoms with Gasteiger partial charge in [0.1, 0.15) is 0 Å². The summed E-state index contributed by atoms with van der Waals surface area (Å²) in [7, 11) is 1.90. The van der Waals surface area contributed by atoms with Gasteiger partial charge in [0.25, 0.3) is 0 Å². The molecule has 0 saturated carbocycles. The highest BCUT2D eigenvalue weighted by molar-refractivity contribution is 5.80. The molecule has 1 amide bonds. The summed E-state index contributed by atoms with van der Waals surface area (Å²) in [4.78, 5) is 14.9. The third-order valence-corrected chi connectivity index (χ3v) is 4.64. The Balaban J connectivity index is 1.78. The van der Waals surface area contributed by atoms with Crippen molar-refractivity contribution in [2.75, 3.05) is 13.2 Å². The lowest BCUT2D eigenvalue weighted by Gasteiger charge is -2.26. The Hall–Kier alpha value is -2.08. The van der Waals surface area contributed by atoms with Crippen LogP contribution in [0, 0.1) is 12.8 Å². The summed E-state index contributed by atoms with van der Waals surface area (Å²) in [5.74, 6) is -0.01000. The number of hydrogen-bond donors (Lipinski definition) is 0. The van der Waals surface area contributed by atoms with Crippen molar-refractivity contribution in [3.05, 3.63) is 41.6 Å². The molecule has 6 heteroatoms. The molecule has 1 aliphatic rings. The minimum Gasteiger partial charge on any atom is -0.472 e. The van der Waals surface area contributed by atoms with Crippen molar-refractivity contribution in [3.63, 3.8) is 0 Å². The molecule has 0 spiro atoms. The van der Waals surface area contributed by atoms with Crippen LogP contribution in [0.5, 0.6) is 0 Å². The van der Waals surface area contributed by atoms with Gasteiger partial charge in [0.2, 0.25) is 5.91 Å². The zero-order valence-electron chi connectivity index (χ0n) is 13.9. The Morgan fingerprint density at radius 1 is 1.52 bits per heavy atom. The van der Waals surface area contributed by atoms with Gasteiger partial charge in [-0.3, -0.25) is 9.48 Å². The monoisotopic (exact) mass is 317 g/mol. The summed E-state index contributed by atoms with van der Waals surface area (Å²) < 4.78 is 12.8. The summed E-state index contributed by atoms with van der Waals surface area (Å²) >= 11 is 0.